The van der Waals surface area contributed by atoms with Gasteiger partial charge in [-0.25, -0.2) is 4.99 Å². The van der Waals surface area contributed by atoms with Crippen LogP contribution >= 0.6 is 24.0 Å². The molecular weight excluding hydrogens is 529 g/mol. The van der Waals surface area contributed by atoms with Crippen molar-refractivity contribution >= 4 is 29.9 Å². The molecule has 1 aromatic carbocycles. The molecule has 184 valence electrons. The van der Waals surface area contributed by atoms with E-state index in [1.54, 1.807) is 0 Å². The summed E-state index contributed by atoms with van der Waals surface area (Å²) in [4.78, 5) is 7.33. The lowest BCUT2D eigenvalue weighted by atomic mass is 10.2. The van der Waals surface area contributed by atoms with Crippen LogP contribution in [0.2, 0.25) is 0 Å². The number of hydrogen-bond donors (Lipinski definition) is 2. The molecule has 8 nitrogen and oxygen atoms in total. The van der Waals surface area contributed by atoms with E-state index >= 15 is 0 Å². The molecule has 2 aromatic rings. The third-order valence-corrected chi connectivity index (χ3v) is 6.10. The highest BCUT2D eigenvalue weighted by atomic mass is 127. The van der Waals surface area contributed by atoms with Gasteiger partial charge in [-0.15, -0.1) is 34.2 Å². The summed E-state index contributed by atoms with van der Waals surface area (Å²) in [5, 5.41) is 15.4. The number of likely N-dealkylation sites (tertiary alicyclic amines) is 1. The zero-order chi connectivity index (χ0) is 22.8. The largest absolute Gasteiger partial charge is 0.376 e. The van der Waals surface area contributed by atoms with Crippen LogP contribution in [0.15, 0.2) is 35.3 Å². The number of aliphatic imine (C=N–C) groups is 1. The number of likely N-dealkylation sites (N-methyl/N-ethyl adjacent to an activating group) is 1. The van der Waals surface area contributed by atoms with Gasteiger partial charge in [0, 0.05) is 26.2 Å². The molecule has 3 rings (SSSR count). The summed E-state index contributed by atoms with van der Waals surface area (Å²) in [7, 11) is 1.98. The number of hydrogen-bond acceptors (Lipinski definition) is 5. The van der Waals surface area contributed by atoms with E-state index in [1.165, 1.54) is 24.9 Å². The summed E-state index contributed by atoms with van der Waals surface area (Å²) in [6.07, 6.45) is 2.51. The third-order valence-electron chi connectivity index (χ3n) is 6.10. The molecule has 9 heteroatoms. The lowest BCUT2D eigenvalue weighted by molar-refractivity contribution is 0.0931. The van der Waals surface area contributed by atoms with Crippen molar-refractivity contribution in [2.24, 2.45) is 18.0 Å². The smallest absolute Gasteiger partial charge is 0.191 e. The van der Waals surface area contributed by atoms with Crippen LogP contribution in [0.4, 0.5) is 0 Å². The van der Waals surface area contributed by atoms with Gasteiger partial charge in [0.1, 0.15) is 12.4 Å². The normalized spacial score (nSPS) is 17.6. The standard InChI is InChI=1S/C24H39N7O.HI/c1-5-31-13-9-12-22(31)15-26-24(27-16-23-29-28-20(3)30(23)4)25-14-19(2)17-32-18-21-10-7-6-8-11-21;/h6-8,10-11,19,22H,5,9,12-18H2,1-4H3,(H2,25,26,27);1H. The Morgan fingerprint density at radius 1 is 1.24 bits per heavy atom. The van der Waals surface area contributed by atoms with Crippen LogP contribution in [0.25, 0.3) is 0 Å². The number of guanidine groups is 1. The van der Waals surface area contributed by atoms with Crippen LogP contribution < -0.4 is 10.6 Å². The monoisotopic (exact) mass is 569 g/mol. The molecule has 2 atom stereocenters. The molecule has 2 heterocycles. The molecule has 0 spiro atoms. The topological polar surface area (TPSA) is 79.6 Å². The summed E-state index contributed by atoms with van der Waals surface area (Å²) in [5.74, 6) is 2.94. The van der Waals surface area contributed by atoms with Crippen molar-refractivity contribution in [1.82, 2.24) is 30.3 Å². The predicted molar refractivity (Wildman–Crippen MR) is 144 cm³/mol. The zero-order valence-electron chi connectivity index (χ0n) is 20.5. The molecule has 1 saturated heterocycles. The Balaban J connectivity index is 0.00000385. The number of aryl methyl sites for hydroxylation is 1. The van der Waals surface area contributed by atoms with Crippen molar-refractivity contribution in [2.75, 3.05) is 32.8 Å². The van der Waals surface area contributed by atoms with Gasteiger partial charge in [0.2, 0.25) is 0 Å². The first-order valence-corrected chi connectivity index (χ1v) is 11.8. The van der Waals surface area contributed by atoms with E-state index in [2.05, 4.69) is 51.7 Å². The maximum atomic E-state index is 5.90. The Bertz CT molecular complexity index is 843. The van der Waals surface area contributed by atoms with Gasteiger partial charge in [-0.05, 0) is 44.3 Å². The second-order valence-corrected chi connectivity index (χ2v) is 8.68. The minimum Gasteiger partial charge on any atom is -0.376 e. The molecule has 0 amide bonds. The number of halogens is 1. The summed E-state index contributed by atoms with van der Waals surface area (Å²) in [5.41, 5.74) is 1.20. The van der Waals surface area contributed by atoms with E-state index in [4.69, 9.17) is 9.73 Å². The molecule has 0 radical (unpaired) electrons. The predicted octanol–water partition coefficient (Wildman–Crippen LogP) is 3.11. The Morgan fingerprint density at radius 2 is 2.03 bits per heavy atom. The summed E-state index contributed by atoms with van der Waals surface area (Å²) >= 11 is 0. The molecule has 2 unspecified atom stereocenters. The van der Waals surface area contributed by atoms with Gasteiger partial charge in [-0.3, -0.25) is 4.90 Å². The highest BCUT2D eigenvalue weighted by Gasteiger charge is 2.23. The SMILES string of the molecule is CCN1CCCC1CNC(=NCc1nnc(C)n1C)NCC(C)COCc1ccccc1.I. The second-order valence-electron chi connectivity index (χ2n) is 8.68. The van der Waals surface area contributed by atoms with Crippen LogP contribution in [-0.4, -0.2) is 64.5 Å². The van der Waals surface area contributed by atoms with Crippen LogP contribution in [0.1, 0.15) is 43.9 Å². The van der Waals surface area contributed by atoms with Crippen LogP contribution in [0, 0.1) is 12.8 Å². The fraction of sp³-hybridized carbons (Fsp3) is 0.625. The van der Waals surface area contributed by atoms with Crippen molar-refractivity contribution < 1.29 is 4.74 Å². The molecule has 1 aliphatic rings. The van der Waals surface area contributed by atoms with E-state index < -0.39 is 0 Å². The van der Waals surface area contributed by atoms with E-state index in [-0.39, 0.29) is 24.0 Å². The van der Waals surface area contributed by atoms with E-state index in [0.717, 1.165) is 37.2 Å². The highest BCUT2D eigenvalue weighted by molar-refractivity contribution is 14.0. The number of nitrogens with zero attached hydrogens (tertiary/aromatic N) is 5. The van der Waals surface area contributed by atoms with Gasteiger partial charge in [0.25, 0.3) is 0 Å². The Labute approximate surface area is 215 Å². The Morgan fingerprint density at radius 3 is 2.73 bits per heavy atom. The first-order valence-electron chi connectivity index (χ1n) is 11.8. The van der Waals surface area contributed by atoms with Crippen LogP contribution in [-0.2, 0) is 24.9 Å². The van der Waals surface area contributed by atoms with Crippen LogP contribution in [0.5, 0.6) is 0 Å². The first-order chi connectivity index (χ1) is 15.6. The van der Waals surface area contributed by atoms with E-state index in [9.17, 15) is 0 Å². The molecule has 1 fully saturated rings. The van der Waals surface area contributed by atoms with Crippen molar-refractivity contribution in [3.05, 3.63) is 47.5 Å². The minimum absolute atomic E-state index is 0. The fourth-order valence-corrected chi connectivity index (χ4v) is 3.95. The number of nitrogens with one attached hydrogen (secondary N) is 2. The van der Waals surface area contributed by atoms with E-state index in [1.807, 2.05) is 36.7 Å². The zero-order valence-corrected chi connectivity index (χ0v) is 22.8. The highest BCUT2D eigenvalue weighted by Crippen LogP contribution is 2.15. The number of benzene rings is 1. The summed E-state index contributed by atoms with van der Waals surface area (Å²) < 4.78 is 7.89. The van der Waals surface area contributed by atoms with Gasteiger partial charge in [0.05, 0.1) is 13.2 Å². The average molecular weight is 570 g/mol. The Kier molecular flexibility index (Phi) is 12.1. The molecule has 0 saturated carbocycles. The van der Waals surface area contributed by atoms with Gasteiger partial charge < -0.3 is 19.9 Å². The molecule has 2 N–H and O–H groups in total. The molecule has 1 aromatic heterocycles. The van der Waals surface area contributed by atoms with Crippen molar-refractivity contribution in [3.63, 3.8) is 0 Å². The molecule has 0 bridgehead atoms. The molecule has 33 heavy (non-hydrogen) atoms. The average Bonchev–Trinajstić information content (AvgIpc) is 3.40. The quantitative estimate of drug-likeness (QED) is 0.246. The lowest BCUT2D eigenvalue weighted by Crippen LogP contribution is -2.46. The van der Waals surface area contributed by atoms with Gasteiger partial charge in [-0.1, -0.05) is 44.2 Å². The van der Waals surface area contributed by atoms with Gasteiger partial charge >= 0.3 is 0 Å². The summed E-state index contributed by atoms with van der Waals surface area (Å²) in [6.45, 7) is 12.2. The van der Waals surface area contributed by atoms with Crippen molar-refractivity contribution in [1.29, 1.82) is 0 Å². The number of aromatic nitrogens is 3. The van der Waals surface area contributed by atoms with Crippen molar-refractivity contribution in [3.8, 4) is 0 Å². The van der Waals surface area contributed by atoms with Gasteiger partial charge in [0.15, 0.2) is 11.8 Å². The molecular formula is C24H40IN7O. The maximum Gasteiger partial charge on any atom is 0.191 e. The first kappa shape index (κ1) is 27.5. The molecule has 0 aliphatic carbocycles. The summed E-state index contributed by atoms with van der Waals surface area (Å²) in [6, 6.07) is 10.9. The second kappa shape index (κ2) is 14.5. The van der Waals surface area contributed by atoms with Crippen LogP contribution in [0.3, 0.4) is 0 Å². The Hall–Kier alpha value is -1.72. The fourth-order valence-electron chi connectivity index (χ4n) is 3.95. The minimum atomic E-state index is 0. The van der Waals surface area contributed by atoms with E-state index in [0.29, 0.717) is 31.7 Å². The lowest BCUT2D eigenvalue weighted by Gasteiger charge is -2.24. The number of ether oxygens (including phenoxy) is 1. The van der Waals surface area contributed by atoms with Gasteiger partial charge in [-0.2, -0.15) is 0 Å². The number of rotatable bonds is 11. The third kappa shape index (κ3) is 8.86. The molecule has 1 aliphatic heterocycles. The maximum absolute atomic E-state index is 5.90. The van der Waals surface area contributed by atoms with Crippen molar-refractivity contribution in [2.45, 2.75) is 52.8 Å².